The summed E-state index contributed by atoms with van der Waals surface area (Å²) < 4.78 is 0. The minimum Gasteiger partial charge on any atom is -0.396 e. The van der Waals surface area contributed by atoms with Crippen molar-refractivity contribution in [2.75, 3.05) is 18.5 Å². The Hall–Kier alpha value is -0.870. The van der Waals surface area contributed by atoms with Gasteiger partial charge >= 0.3 is 0 Å². The molecule has 3 nitrogen and oxygen atoms in total. The fourth-order valence-corrected chi connectivity index (χ4v) is 2.95. The molecule has 2 unspecified atom stereocenters. The first-order chi connectivity index (χ1) is 8.76. The van der Waals surface area contributed by atoms with Crippen LogP contribution in [-0.4, -0.2) is 34.4 Å². The van der Waals surface area contributed by atoms with Gasteiger partial charge in [-0.25, -0.2) is 0 Å². The van der Waals surface area contributed by atoms with Gasteiger partial charge in [-0.3, -0.25) is 4.79 Å². The molecule has 0 saturated carbocycles. The first kappa shape index (κ1) is 13.6. The molecular formula is C14H18BrNO2. The number of benzene rings is 1. The van der Waals surface area contributed by atoms with Gasteiger partial charge in [0.2, 0.25) is 5.91 Å². The van der Waals surface area contributed by atoms with Crippen LogP contribution in [0.15, 0.2) is 30.3 Å². The van der Waals surface area contributed by atoms with E-state index in [9.17, 15) is 9.90 Å². The number of hydrogen-bond acceptors (Lipinski definition) is 2. The Morgan fingerprint density at radius 3 is 2.67 bits per heavy atom. The number of halogens is 1. The van der Waals surface area contributed by atoms with Crippen LogP contribution in [-0.2, 0) is 4.79 Å². The molecule has 1 aromatic rings. The molecule has 0 aromatic heterocycles. The van der Waals surface area contributed by atoms with E-state index in [0.717, 1.165) is 17.4 Å². The van der Waals surface area contributed by atoms with Gasteiger partial charge in [-0.1, -0.05) is 46.3 Å². The van der Waals surface area contributed by atoms with Crippen molar-refractivity contribution in [3.8, 4) is 0 Å². The first-order valence-electron chi connectivity index (χ1n) is 6.27. The average Bonchev–Trinajstić information content (AvgIpc) is 2.78. The molecule has 0 bridgehead atoms. The third kappa shape index (κ3) is 2.93. The molecule has 18 heavy (non-hydrogen) atoms. The van der Waals surface area contributed by atoms with Crippen LogP contribution in [0.3, 0.4) is 0 Å². The molecule has 0 aliphatic carbocycles. The summed E-state index contributed by atoms with van der Waals surface area (Å²) in [6.07, 6.45) is 1.21. The molecule has 1 amide bonds. The third-order valence-corrected chi connectivity index (χ3v) is 4.34. The molecule has 1 aromatic carbocycles. The largest absolute Gasteiger partial charge is 0.396 e. The number of carbonyl (C=O) groups excluding carboxylic acids is 1. The molecule has 0 spiro atoms. The molecular weight excluding hydrogens is 294 g/mol. The standard InChI is InChI=1S/C14H18BrNO2/c15-9-11-8-14(18)16(10-11)13(6-7-17)12-4-2-1-3-5-12/h1-5,11,13,17H,6-10H2. The summed E-state index contributed by atoms with van der Waals surface area (Å²) in [6.45, 7) is 0.881. The number of rotatable bonds is 5. The van der Waals surface area contributed by atoms with E-state index in [2.05, 4.69) is 15.9 Å². The maximum atomic E-state index is 12.1. The summed E-state index contributed by atoms with van der Waals surface area (Å²) in [6, 6.07) is 9.97. The van der Waals surface area contributed by atoms with Gasteiger partial charge in [-0.2, -0.15) is 0 Å². The molecule has 1 saturated heterocycles. The van der Waals surface area contributed by atoms with Gasteiger partial charge < -0.3 is 10.0 Å². The van der Waals surface area contributed by atoms with Crippen molar-refractivity contribution in [3.63, 3.8) is 0 Å². The SMILES string of the molecule is O=C1CC(CBr)CN1C(CCO)c1ccccc1. The lowest BCUT2D eigenvalue weighted by atomic mass is 10.0. The van der Waals surface area contributed by atoms with Crippen LogP contribution in [0, 0.1) is 5.92 Å². The van der Waals surface area contributed by atoms with Gasteiger partial charge in [-0.15, -0.1) is 0 Å². The van der Waals surface area contributed by atoms with Crippen molar-refractivity contribution >= 4 is 21.8 Å². The highest BCUT2D eigenvalue weighted by atomic mass is 79.9. The van der Waals surface area contributed by atoms with Crippen molar-refractivity contribution in [2.24, 2.45) is 5.92 Å². The van der Waals surface area contributed by atoms with Crippen LogP contribution in [0.5, 0.6) is 0 Å². The van der Waals surface area contributed by atoms with Crippen molar-refractivity contribution in [1.29, 1.82) is 0 Å². The maximum Gasteiger partial charge on any atom is 0.223 e. The van der Waals surface area contributed by atoms with E-state index in [4.69, 9.17) is 0 Å². The maximum absolute atomic E-state index is 12.1. The molecule has 2 atom stereocenters. The van der Waals surface area contributed by atoms with E-state index < -0.39 is 0 Å². The Bertz CT molecular complexity index is 396. The summed E-state index contributed by atoms with van der Waals surface area (Å²) >= 11 is 3.45. The zero-order valence-electron chi connectivity index (χ0n) is 10.3. The van der Waals surface area contributed by atoms with Gasteiger partial charge in [0, 0.05) is 24.9 Å². The summed E-state index contributed by atoms with van der Waals surface area (Å²) in [7, 11) is 0. The van der Waals surface area contributed by atoms with E-state index in [-0.39, 0.29) is 18.6 Å². The van der Waals surface area contributed by atoms with Crippen LogP contribution < -0.4 is 0 Å². The highest BCUT2D eigenvalue weighted by molar-refractivity contribution is 9.09. The number of aliphatic hydroxyl groups excluding tert-OH is 1. The fourth-order valence-electron chi connectivity index (χ4n) is 2.51. The van der Waals surface area contributed by atoms with Crippen LogP contribution in [0.1, 0.15) is 24.4 Å². The van der Waals surface area contributed by atoms with Crippen molar-refractivity contribution in [3.05, 3.63) is 35.9 Å². The Morgan fingerprint density at radius 1 is 1.39 bits per heavy atom. The summed E-state index contributed by atoms with van der Waals surface area (Å²) in [4.78, 5) is 14.0. The quantitative estimate of drug-likeness (QED) is 0.848. The average molecular weight is 312 g/mol. The normalized spacial score (nSPS) is 21.3. The number of aliphatic hydroxyl groups is 1. The zero-order valence-corrected chi connectivity index (χ0v) is 11.8. The Balaban J connectivity index is 2.18. The van der Waals surface area contributed by atoms with E-state index in [0.29, 0.717) is 18.8 Å². The van der Waals surface area contributed by atoms with E-state index in [1.807, 2.05) is 35.2 Å². The molecule has 2 rings (SSSR count). The predicted molar refractivity (Wildman–Crippen MR) is 74.5 cm³/mol. The molecule has 1 aliphatic rings. The molecule has 1 aliphatic heterocycles. The summed E-state index contributed by atoms with van der Waals surface area (Å²) in [5.41, 5.74) is 1.11. The minimum absolute atomic E-state index is 0.00718. The number of alkyl halides is 1. The predicted octanol–water partition coefficient (Wildman–Crippen LogP) is 2.35. The molecule has 98 valence electrons. The fraction of sp³-hybridized carbons (Fsp3) is 0.500. The Morgan fingerprint density at radius 2 is 2.11 bits per heavy atom. The first-order valence-corrected chi connectivity index (χ1v) is 7.39. The molecule has 4 heteroatoms. The molecule has 0 radical (unpaired) electrons. The van der Waals surface area contributed by atoms with Crippen molar-refractivity contribution < 1.29 is 9.90 Å². The van der Waals surface area contributed by atoms with Gasteiger partial charge in [0.05, 0.1) is 6.04 Å². The second-order valence-electron chi connectivity index (χ2n) is 4.71. The number of hydrogen-bond donors (Lipinski definition) is 1. The minimum atomic E-state index is 0.00718. The van der Waals surface area contributed by atoms with Crippen LogP contribution in [0.2, 0.25) is 0 Å². The lowest BCUT2D eigenvalue weighted by Crippen LogP contribution is -2.31. The Kier molecular flexibility index (Phi) is 4.78. The second-order valence-corrected chi connectivity index (χ2v) is 5.36. The number of likely N-dealkylation sites (tertiary alicyclic amines) is 1. The number of carbonyl (C=O) groups is 1. The molecule has 1 fully saturated rings. The van der Waals surface area contributed by atoms with Gasteiger partial charge in [0.15, 0.2) is 0 Å². The van der Waals surface area contributed by atoms with E-state index >= 15 is 0 Å². The second kappa shape index (κ2) is 6.34. The number of nitrogens with zero attached hydrogens (tertiary/aromatic N) is 1. The highest BCUT2D eigenvalue weighted by Gasteiger charge is 2.34. The lowest BCUT2D eigenvalue weighted by molar-refractivity contribution is -0.130. The summed E-state index contributed by atoms with van der Waals surface area (Å²) in [5.74, 6) is 0.587. The van der Waals surface area contributed by atoms with Crippen molar-refractivity contribution in [2.45, 2.75) is 18.9 Å². The topological polar surface area (TPSA) is 40.5 Å². The third-order valence-electron chi connectivity index (χ3n) is 3.42. The zero-order chi connectivity index (χ0) is 13.0. The van der Waals surface area contributed by atoms with Gasteiger partial charge in [0.1, 0.15) is 0 Å². The van der Waals surface area contributed by atoms with E-state index in [1.165, 1.54) is 0 Å². The van der Waals surface area contributed by atoms with Crippen molar-refractivity contribution in [1.82, 2.24) is 4.90 Å². The molecule has 1 N–H and O–H groups in total. The van der Waals surface area contributed by atoms with Crippen LogP contribution in [0.25, 0.3) is 0 Å². The van der Waals surface area contributed by atoms with Gasteiger partial charge in [-0.05, 0) is 17.9 Å². The summed E-state index contributed by atoms with van der Waals surface area (Å²) in [5, 5.41) is 10.1. The Labute approximate surface area is 116 Å². The van der Waals surface area contributed by atoms with Crippen LogP contribution in [0.4, 0.5) is 0 Å². The molecule has 1 heterocycles. The monoisotopic (exact) mass is 311 g/mol. The smallest absolute Gasteiger partial charge is 0.223 e. The highest BCUT2D eigenvalue weighted by Crippen LogP contribution is 2.31. The number of amides is 1. The van der Waals surface area contributed by atoms with E-state index in [1.54, 1.807) is 0 Å². The van der Waals surface area contributed by atoms with Gasteiger partial charge in [0.25, 0.3) is 0 Å². The van der Waals surface area contributed by atoms with Crippen LogP contribution >= 0.6 is 15.9 Å². The lowest BCUT2D eigenvalue weighted by Gasteiger charge is -2.28.